The lowest BCUT2D eigenvalue weighted by molar-refractivity contribution is -0.155. The predicted octanol–water partition coefficient (Wildman–Crippen LogP) is 1.55. The summed E-state index contributed by atoms with van der Waals surface area (Å²) in [5.41, 5.74) is 0.0837. The van der Waals surface area contributed by atoms with Gasteiger partial charge in [-0.05, 0) is 18.8 Å². The monoisotopic (exact) mass is 321 g/mol. The Morgan fingerprint density at radius 2 is 2.22 bits per heavy atom. The van der Waals surface area contributed by atoms with Gasteiger partial charge in [0.05, 0.1) is 17.9 Å². The molecule has 0 bridgehead atoms. The summed E-state index contributed by atoms with van der Waals surface area (Å²) in [4.78, 5) is 34.3. The third-order valence-corrected chi connectivity index (χ3v) is 4.26. The van der Waals surface area contributed by atoms with Crippen molar-refractivity contribution in [2.24, 2.45) is 5.41 Å². The molecule has 0 spiro atoms. The Hall–Kier alpha value is -2.02. The predicted molar refractivity (Wildman–Crippen MR) is 83.2 cm³/mol. The Balaban J connectivity index is 2.28. The third-order valence-electron chi connectivity index (χ3n) is 4.26. The molecule has 2 rings (SSSR count). The number of methoxy groups -OCH3 is 1. The maximum Gasteiger partial charge on any atom is 0.313 e. The van der Waals surface area contributed by atoms with Crippen LogP contribution in [0.1, 0.15) is 48.7 Å². The Morgan fingerprint density at radius 1 is 1.48 bits per heavy atom. The van der Waals surface area contributed by atoms with Crippen LogP contribution < -0.4 is 0 Å². The lowest BCUT2D eigenvalue weighted by Crippen LogP contribution is -2.52. The SMILES string of the molecule is COCC1(C(=O)O)CCCN(C(=O)c2cncnc2C(C)C)C1. The van der Waals surface area contributed by atoms with Gasteiger partial charge in [0, 0.05) is 26.4 Å². The first kappa shape index (κ1) is 17.3. The quantitative estimate of drug-likeness (QED) is 0.884. The first-order chi connectivity index (χ1) is 10.9. The van der Waals surface area contributed by atoms with Gasteiger partial charge in [0.15, 0.2) is 0 Å². The molecule has 1 saturated heterocycles. The summed E-state index contributed by atoms with van der Waals surface area (Å²) in [6.07, 6.45) is 4.07. The second-order valence-electron chi connectivity index (χ2n) is 6.33. The van der Waals surface area contributed by atoms with Crippen molar-refractivity contribution >= 4 is 11.9 Å². The number of piperidine rings is 1. The average Bonchev–Trinajstić information content (AvgIpc) is 2.54. The number of carbonyl (C=O) groups is 2. The number of rotatable bonds is 5. The van der Waals surface area contributed by atoms with Crippen LogP contribution in [0.25, 0.3) is 0 Å². The zero-order chi connectivity index (χ0) is 17.0. The third kappa shape index (κ3) is 3.50. The summed E-state index contributed by atoms with van der Waals surface area (Å²) in [5.74, 6) is -1.05. The molecule has 1 aromatic heterocycles. The fraction of sp³-hybridized carbons (Fsp3) is 0.625. The molecule has 23 heavy (non-hydrogen) atoms. The van der Waals surface area contributed by atoms with Crippen molar-refractivity contribution in [1.29, 1.82) is 0 Å². The normalized spacial score (nSPS) is 21.5. The Bertz CT molecular complexity index is 586. The van der Waals surface area contributed by atoms with E-state index in [0.29, 0.717) is 30.6 Å². The van der Waals surface area contributed by atoms with Crippen LogP contribution in [0.2, 0.25) is 0 Å². The molecule has 0 aliphatic carbocycles. The molecule has 1 unspecified atom stereocenters. The van der Waals surface area contributed by atoms with Crippen molar-refractivity contribution in [1.82, 2.24) is 14.9 Å². The average molecular weight is 321 g/mol. The second kappa shape index (κ2) is 7.04. The standard InChI is InChI=1S/C16H23N3O4/c1-11(2)13-12(7-17-10-18-13)14(20)19-6-4-5-16(8-19,9-23-3)15(21)22/h7,10-11H,4-6,8-9H2,1-3H3,(H,21,22). The molecule has 1 amide bonds. The van der Waals surface area contributed by atoms with Crippen LogP contribution in [0.15, 0.2) is 12.5 Å². The Kier molecular flexibility index (Phi) is 5.30. The van der Waals surface area contributed by atoms with Gasteiger partial charge in [-0.25, -0.2) is 9.97 Å². The van der Waals surface area contributed by atoms with Gasteiger partial charge in [-0.3, -0.25) is 9.59 Å². The Labute approximate surface area is 135 Å². The zero-order valence-electron chi connectivity index (χ0n) is 13.8. The lowest BCUT2D eigenvalue weighted by atomic mass is 9.80. The molecule has 1 atom stereocenters. The van der Waals surface area contributed by atoms with E-state index in [9.17, 15) is 14.7 Å². The van der Waals surface area contributed by atoms with Crippen molar-refractivity contribution < 1.29 is 19.4 Å². The minimum atomic E-state index is -1.05. The van der Waals surface area contributed by atoms with Gasteiger partial charge in [0.25, 0.3) is 5.91 Å². The molecular weight excluding hydrogens is 298 g/mol. The van der Waals surface area contributed by atoms with E-state index in [-0.39, 0.29) is 25.0 Å². The van der Waals surface area contributed by atoms with Gasteiger partial charge in [-0.15, -0.1) is 0 Å². The summed E-state index contributed by atoms with van der Waals surface area (Å²) >= 11 is 0. The van der Waals surface area contributed by atoms with E-state index in [4.69, 9.17) is 4.74 Å². The summed E-state index contributed by atoms with van der Waals surface area (Å²) in [6, 6.07) is 0. The fourth-order valence-corrected chi connectivity index (χ4v) is 3.07. The number of nitrogens with zero attached hydrogens (tertiary/aromatic N) is 3. The number of ether oxygens (including phenoxy) is 1. The first-order valence-corrected chi connectivity index (χ1v) is 7.73. The molecule has 2 heterocycles. The molecule has 7 nitrogen and oxygen atoms in total. The van der Waals surface area contributed by atoms with Crippen molar-refractivity contribution in [3.63, 3.8) is 0 Å². The highest BCUT2D eigenvalue weighted by atomic mass is 16.5. The topological polar surface area (TPSA) is 92.6 Å². The van der Waals surface area contributed by atoms with Gasteiger partial charge in [0.1, 0.15) is 11.7 Å². The highest BCUT2D eigenvalue weighted by molar-refractivity contribution is 5.95. The summed E-state index contributed by atoms with van der Waals surface area (Å²) < 4.78 is 5.10. The van der Waals surface area contributed by atoms with Gasteiger partial charge in [-0.1, -0.05) is 13.8 Å². The molecule has 0 saturated carbocycles. The van der Waals surface area contributed by atoms with E-state index in [2.05, 4.69) is 9.97 Å². The lowest BCUT2D eigenvalue weighted by Gasteiger charge is -2.39. The molecule has 1 aromatic rings. The maximum absolute atomic E-state index is 12.9. The number of carboxylic acids is 1. The summed E-state index contributed by atoms with van der Waals surface area (Å²) in [6.45, 7) is 4.68. The second-order valence-corrected chi connectivity index (χ2v) is 6.33. The fourth-order valence-electron chi connectivity index (χ4n) is 3.07. The summed E-state index contributed by atoms with van der Waals surface area (Å²) in [7, 11) is 1.48. The van der Waals surface area contributed by atoms with Crippen LogP contribution in [-0.2, 0) is 9.53 Å². The Morgan fingerprint density at radius 3 is 2.83 bits per heavy atom. The number of aliphatic carboxylic acids is 1. The van der Waals surface area contributed by atoms with Crippen molar-refractivity contribution in [3.05, 3.63) is 23.8 Å². The number of amides is 1. The van der Waals surface area contributed by atoms with E-state index in [1.165, 1.54) is 19.6 Å². The largest absolute Gasteiger partial charge is 0.481 e. The van der Waals surface area contributed by atoms with Gasteiger partial charge < -0.3 is 14.7 Å². The minimum absolute atomic E-state index is 0.0879. The van der Waals surface area contributed by atoms with Crippen molar-refractivity contribution in [2.45, 2.75) is 32.6 Å². The smallest absolute Gasteiger partial charge is 0.313 e. The van der Waals surface area contributed by atoms with Gasteiger partial charge in [-0.2, -0.15) is 0 Å². The first-order valence-electron chi connectivity index (χ1n) is 7.73. The molecule has 7 heteroatoms. The number of carboxylic acid groups (broad SMARTS) is 1. The number of carbonyl (C=O) groups excluding carboxylic acids is 1. The summed E-state index contributed by atoms with van der Waals surface area (Å²) in [5, 5.41) is 9.59. The van der Waals surface area contributed by atoms with Crippen LogP contribution in [0.5, 0.6) is 0 Å². The molecule has 0 radical (unpaired) electrons. The molecule has 126 valence electrons. The number of hydrogen-bond donors (Lipinski definition) is 1. The highest BCUT2D eigenvalue weighted by Crippen LogP contribution is 2.32. The van der Waals surface area contributed by atoms with Crippen molar-refractivity contribution in [2.75, 3.05) is 26.8 Å². The van der Waals surface area contributed by atoms with Crippen LogP contribution in [0.3, 0.4) is 0 Å². The number of aromatic nitrogens is 2. The van der Waals surface area contributed by atoms with Crippen LogP contribution in [0.4, 0.5) is 0 Å². The zero-order valence-corrected chi connectivity index (χ0v) is 13.8. The molecule has 0 aromatic carbocycles. The van der Waals surface area contributed by atoms with E-state index in [0.717, 1.165) is 0 Å². The maximum atomic E-state index is 12.9. The van der Waals surface area contributed by atoms with E-state index >= 15 is 0 Å². The van der Waals surface area contributed by atoms with Crippen LogP contribution in [0, 0.1) is 5.41 Å². The minimum Gasteiger partial charge on any atom is -0.481 e. The molecule has 1 aliphatic heterocycles. The van der Waals surface area contributed by atoms with Crippen molar-refractivity contribution in [3.8, 4) is 0 Å². The number of hydrogen-bond acceptors (Lipinski definition) is 5. The van der Waals surface area contributed by atoms with Gasteiger partial charge in [0.2, 0.25) is 0 Å². The van der Waals surface area contributed by atoms with Crippen LogP contribution in [-0.4, -0.2) is 58.7 Å². The molecule has 1 aliphatic rings. The molecular formula is C16H23N3O4. The number of likely N-dealkylation sites (tertiary alicyclic amines) is 1. The highest BCUT2D eigenvalue weighted by Gasteiger charge is 2.44. The van der Waals surface area contributed by atoms with Gasteiger partial charge >= 0.3 is 5.97 Å². The van der Waals surface area contributed by atoms with E-state index in [1.807, 2.05) is 13.8 Å². The van der Waals surface area contributed by atoms with E-state index in [1.54, 1.807) is 4.90 Å². The molecule has 1 N–H and O–H groups in total. The molecule has 1 fully saturated rings. The van der Waals surface area contributed by atoms with E-state index < -0.39 is 11.4 Å². The van der Waals surface area contributed by atoms with Crippen LogP contribution >= 0.6 is 0 Å².